The molecule has 1 aromatic heterocycles. The van der Waals surface area contributed by atoms with Crippen molar-refractivity contribution in [3.63, 3.8) is 0 Å². The molecular formula is C10H7ClFN3. The molecule has 0 spiro atoms. The van der Waals surface area contributed by atoms with Gasteiger partial charge in [-0.05, 0) is 18.2 Å². The number of benzene rings is 1. The second kappa shape index (κ2) is 3.82. The fourth-order valence-electron chi connectivity index (χ4n) is 1.22. The second-order valence-corrected chi connectivity index (χ2v) is 3.39. The number of halogens is 2. The van der Waals surface area contributed by atoms with E-state index < -0.39 is 5.82 Å². The molecule has 15 heavy (non-hydrogen) atoms. The van der Waals surface area contributed by atoms with Gasteiger partial charge in [0.15, 0.2) is 0 Å². The Labute approximate surface area is 90.7 Å². The van der Waals surface area contributed by atoms with Crippen LogP contribution in [0.2, 0.25) is 5.02 Å². The van der Waals surface area contributed by atoms with E-state index in [1.807, 2.05) is 0 Å². The standard InChI is InChI=1S/C10H7ClFN3/c11-6-1-2-7(8(12)3-6)9-4-10(13)15-5-14-9/h1-5H,(H2,13,14,15). The quantitative estimate of drug-likeness (QED) is 0.808. The number of hydrogen-bond donors (Lipinski definition) is 1. The molecule has 0 aliphatic rings. The zero-order valence-electron chi connectivity index (χ0n) is 7.61. The minimum absolute atomic E-state index is 0.300. The Bertz CT molecular complexity index is 502. The number of rotatable bonds is 1. The van der Waals surface area contributed by atoms with E-state index >= 15 is 0 Å². The molecule has 2 rings (SSSR count). The summed E-state index contributed by atoms with van der Waals surface area (Å²) in [5.41, 5.74) is 6.27. The van der Waals surface area contributed by atoms with Crippen molar-refractivity contribution in [2.45, 2.75) is 0 Å². The number of hydrogen-bond acceptors (Lipinski definition) is 3. The van der Waals surface area contributed by atoms with Crippen LogP contribution in [0.4, 0.5) is 10.2 Å². The molecule has 0 fully saturated rings. The van der Waals surface area contributed by atoms with Crippen LogP contribution in [0.25, 0.3) is 11.3 Å². The molecule has 0 aliphatic heterocycles. The number of aromatic nitrogens is 2. The lowest BCUT2D eigenvalue weighted by Crippen LogP contribution is -1.94. The third-order valence-corrected chi connectivity index (χ3v) is 2.13. The molecule has 2 N–H and O–H groups in total. The predicted octanol–water partition coefficient (Wildman–Crippen LogP) is 2.52. The van der Waals surface area contributed by atoms with Gasteiger partial charge in [0.2, 0.25) is 0 Å². The molecule has 2 aromatic rings. The first-order valence-electron chi connectivity index (χ1n) is 4.20. The van der Waals surface area contributed by atoms with E-state index in [-0.39, 0.29) is 0 Å². The molecule has 5 heteroatoms. The average molecular weight is 224 g/mol. The van der Waals surface area contributed by atoms with E-state index in [4.69, 9.17) is 17.3 Å². The van der Waals surface area contributed by atoms with Crippen LogP contribution in [0.15, 0.2) is 30.6 Å². The van der Waals surface area contributed by atoms with Crippen molar-refractivity contribution >= 4 is 17.4 Å². The first-order chi connectivity index (χ1) is 7.16. The van der Waals surface area contributed by atoms with Crippen molar-refractivity contribution in [2.24, 2.45) is 0 Å². The van der Waals surface area contributed by atoms with Crippen LogP contribution in [0.3, 0.4) is 0 Å². The van der Waals surface area contributed by atoms with Gasteiger partial charge in [0, 0.05) is 16.7 Å². The molecule has 0 saturated carbocycles. The zero-order chi connectivity index (χ0) is 10.8. The maximum atomic E-state index is 13.5. The average Bonchev–Trinajstić information content (AvgIpc) is 2.17. The Kier molecular flexibility index (Phi) is 2.51. The van der Waals surface area contributed by atoms with Crippen LogP contribution in [0.5, 0.6) is 0 Å². The maximum Gasteiger partial charge on any atom is 0.134 e. The van der Waals surface area contributed by atoms with Crippen molar-refractivity contribution in [2.75, 3.05) is 5.73 Å². The Morgan fingerprint density at radius 3 is 2.67 bits per heavy atom. The second-order valence-electron chi connectivity index (χ2n) is 2.95. The molecular weight excluding hydrogens is 217 g/mol. The number of nitrogens with zero attached hydrogens (tertiary/aromatic N) is 2. The van der Waals surface area contributed by atoms with Crippen molar-refractivity contribution in [1.82, 2.24) is 9.97 Å². The lowest BCUT2D eigenvalue weighted by atomic mass is 10.1. The predicted molar refractivity (Wildman–Crippen MR) is 56.8 cm³/mol. The molecule has 76 valence electrons. The van der Waals surface area contributed by atoms with E-state index in [0.717, 1.165) is 0 Å². The Hall–Kier alpha value is -1.68. The summed E-state index contributed by atoms with van der Waals surface area (Å²) in [6, 6.07) is 5.89. The third-order valence-electron chi connectivity index (χ3n) is 1.90. The molecule has 0 unspecified atom stereocenters. The first-order valence-corrected chi connectivity index (χ1v) is 4.57. The van der Waals surface area contributed by atoms with Gasteiger partial charge in [-0.1, -0.05) is 11.6 Å². The van der Waals surface area contributed by atoms with Crippen molar-refractivity contribution in [1.29, 1.82) is 0 Å². The number of nitrogens with two attached hydrogens (primary N) is 1. The van der Waals surface area contributed by atoms with Crippen LogP contribution in [-0.4, -0.2) is 9.97 Å². The summed E-state index contributed by atoms with van der Waals surface area (Å²) in [6.07, 6.45) is 1.29. The van der Waals surface area contributed by atoms with Gasteiger partial charge in [-0.15, -0.1) is 0 Å². The maximum absolute atomic E-state index is 13.5. The summed E-state index contributed by atoms with van der Waals surface area (Å²) in [5, 5.41) is 0.346. The molecule has 0 amide bonds. The van der Waals surface area contributed by atoms with Gasteiger partial charge in [-0.2, -0.15) is 0 Å². The van der Waals surface area contributed by atoms with Crippen molar-refractivity contribution < 1.29 is 4.39 Å². The largest absolute Gasteiger partial charge is 0.384 e. The number of anilines is 1. The lowest BCUT2D eigenvalue weighted by molar-refractivity contribution is 0.631. The van der Waals surface area contributed by atoms with E-state index in [1.165, 1.54) is 18.5 Å². The highest BCUT2D eigenvalue weighted by atomic mass is 35.5. The molecule has 0 aliphatic carbocycles. The monoisotopic (exact) mass is 223 g/mol. The fraction of sp³-hybridized carbons (Fsp3) is 0. The molecule has 1 heterocycles. The number of nitrogen functional groups attached to an aromatic ring is 1. The first kappa shape index (κ1) is 9.86. The van der Waals surface area contributed by atoms with Crippen molar-refractivity contribution in [3.05, 3.63) is 41.4 Å². The van der Waals surface area contributed by atoms with Crippen LogP contribution in [0.1, 0.15) is 0 Å². The smallest absolute Gasteiger partial charge is 0.134 e. The Morgan fingerprint density at radius 1 is 1.20 bits per heavy atom. The summed E-state index contributed by atoms with van der Waals surface area (Å²) in [5.74, 6) is -0.130. The Balaban J connectivity index is 2.54. The summed E-state index contributed by atoms with van der Waals surface area (Å²) < 4.78 is 13.5. The van der Waals surface area contributed by atoms with Crippen molar-refractivity contribution in [3.8, 4) is 11.3 Å². The van der Waals surface area contributed by atoms with Gasteiger partial charge < -0.3 is 5.73 Å². The SMILES string of the molecule is Nc1cc(-c2ccc(Cl)cc2F)ncn1. The topological polar surface area (TPSA) is 51.8 Å². The summed E-state index contributed by atoms with van der Waals surface area (Å²) in [7, 11) is 0. The molecule has 0 bridgehead atoms. The summed E-state index contributed by atoms with van der Waals surface area (Å²) in [4.78, 5) is 7.66. The zero-order valence-corrected chi connectivity index (χ0v) is 8.37. The highest BCUT2D eigenvalue weighted by Gasteiger charge is 2.07. The minimum atomic E-state index is -0.430. The molecule has 0 saturated heterocycles. The van der Waals surface area contributed by atoms with Gasteiger partial charge in [0.05, 0.1) is 5.69 Å². The van der Waals surface area contributed by atoms with E-state index in [2.05, 4.69) is 9.97 Å². The highest BCUT2D eigenvalue weighted by molar-refractivity contribution is 6.30. The third kappa shape index (κ3) is 2.05. The molecule has 3 nitrogen and oxygen atoms in total. The van der Waals surface area contributed by atoms with Crippen LogP contribution in [-0.2, 0) is 0 Å². The van der Waals surface area contributed by atoms with Crippen LogP contribution in [0, 0.1) is 5.82 Å². The van der Waals surface area contributed by atoms with E-state index in [9.17, 15) is 4.39 Å². The van der Waals surface area contributed by atoms with Gasteiger partial charge in [0.25, 0.3) is 0 Å². The van der Waals surface area contributed by atoms with Crippen LogP contribution < -0.4 is 5.73 Å². The summed E-state index contributed by atoms with van der Waals surface area (Å²) in [6.45, 7) is 0. The van der Waals surface area contributed by atoms with Gasteiger partial charge in [0.1, 0.15) is 18.0 Å². The lowest BCUT2D eigenvalue weighted by Gasteiger charge is -2.02. The van der Waals surface area contributed by atoms with Gasteiger partial charge in [-0.3, -0.25) is 0 Å². The van der Waals surface area contributed by atoms with Gasteiger partial charge in [-0.25, -0.2) is 14.4 Å². The van der Waals surface area contributed by atoms with Gasteiger partial charge >= 0.3 is 0 Å². The van der Waals surface area contributed by atoms with E-state index in [1.54, 1.807) is 12.1 Å². The molecule has 0 atom stereocenters. The normalized spacial score (nSPS) is 10.3. The highest BCUT2D eigenvalue weighted by Crippen LogP contribution is 2.23. The minimum Gasteiger partial charge on any atom is -0.384 e. The van der Waals surface area contributed by atoms with Crippen LogP contribution >= 0.6 is 11.6 Å². The Morgan fingerprint density at radius 2 is 2.00 bits per heavy atom. The molecule has 1 aromatic carbocycles. The fourth-order valence-corrected chi connectivity index (χ4v) is 1.38. The molecule has 0 radical (unpaired) electrons. The van der Waals surface area contributed by atoms with E-state index in [0.29, 0.717) is 22.1 Å². The summed E-state index contributed by atoms with van der Waals surface area (Å²) >= 11 is 5.64.